The zero-order valence-electron chi connectivity index (χ0n) is 35.2. The Bertz CT molecular complexity index is 1740. The molecular weight excluding hydrogens is 830 g/mol. The Morgan fingerprint density at radius 3 is 1.89 bits per heavy atom. The minimum Gasteiger partial charge on any atom is -0.508 e. The van der Waals surface area contributed by atoms with Crippen LogP contribution in [0.2, 0.25) is 0 Å². The van der Waals surface area contributed by atoms with E-state index in [0.29, 0.717) is 5.56 Å². The molecule has 1 unspecified atom stereocenters. The molecule has 0 radical (unpaired) electrons. The lowest BCUT2D eigenvalue weighted by molar-refractivity contribution is -0.137. The van der Waals surface area contributed by atoms with Gasteiger partial charge in [0.2, 0.25) is 46.5 Å². The fourth-order valence-corrected chi connectivity index (χ4v) is 6.50. The zero-order chi connectivity index (χ0) is 46.8. The van der Waals surface area contributed by atoms with Crippen LogP contribution in [0.5, 0.6) is 5.75 Å². The monoisotopic (exact) mass is 888 g/mol. The fraction of sp³-hybridized carbons (Fsp3) is 0.605. The van der Waals surface area contributed by atoms with Gasteiger partial charge in [-0.2, -0.15) is 13.2 Å². The van der Waals surface area contributed by atoms with Crippen molar-refractivity contribution in [2.45, 2.75) is 122 Å². The molecule has 0 aliphatic heterocycles. The SMILES string of the molecule is CC(=O)N[C@@H](CC(C)C)C(=O)NC(C)(Cc1ccc(O)cc1)C(=O)N[C@@H](CCCN=C(N)N)C(=O)N[C@@H](C)C(=O)N[C@@H](CC(N)=O)C(=O)N[C@H](C(=O)SCC(F)(F)F)C(C)C. The minimum atomic E-state index is -4.67. The molecule has 1 rings (SSSR count). The highest BCUT2D eigenvalue weighted by Crippen LogP contribution is 2.24. The molecule has 0 saturated carbocycles. The zero-order valence-corrected chi connectivity index (χ0v) is 36.1. The first-order valence-electron chi connectivity index (χ1n) is 19.3. The lowest BCUT2D eigenvalue weighted by Crippen LogP contribution is -2.64. The van der Waals surface area contributed by atoms with Crippen LogP contribution in [0.3, 0.4) is 0 Å². The van der Waals surface area contributed by atoms with Gasteiger partial charge in [0.05, 0.1) is 12.2 Å². The molecule has 1 aromatic carbocycles. The normalized spacial score (nSPS) is 14.8. The van der Waals surface area contributed by atoms with Crippen molar-refractivity contribution in [3.63, 3.8) is 0 Å². The van der Waals surface area contributed by atoms with Gasteiger partial charge in [0.25, 0.3) is 0 Å². The topological polar surface area (TPSA) is 319 Å². The number of nitrogens with two attached hydrogens (primary N) is 3. The number of primary amides is 1. The Morgan fingerprint density at radius 2 is 1.38 bits per heavy atom. The highest BCUT2D eigenvalue weighted by molar-refractivity contribution is 8.13. The second-order valence-corrected chi connectivity index (χ2v) is 16.4. The van der Waals surface area contributed by atoms with Crippen LogP contribution in [0, 0.1) is 11.8 Å². The number of alkyl halides is 3. The number of benzene rings is 1. The second-order valence-electron chi connectivity index (χ2n) is 15.4. The number of aliphatic imine (C=N–C) groups is 1. The molecule has 342 valence electrons. The first-order valence-corrected chi connectivity index (χ1v) is 20.3. The summed E-state index contributed by atoms with van der Waals surface area (Å²) in [5.41, 5.74) is 14.9. The van der Waals surface area contributed by atoms with Gasteiger partial charge in [-0.15, -0.1) is 0 Å². The number of carbonyl (C=O) groups excluding carboxylic acids is 8. The number of rotatable bonds is 24. The number of phenols is 1. The van der Waals surface area contributed by atoms with Gasteiger partial charge in [0.15, 0.2) is 5.96 Å². The van der Waals surface area contributed by atoms with Crippen molar-refractivity contribution < 1.29 is 56.6 Å². The van der Waals surface area contributed by atoms with Gasteiger partial charge in [-0.1, -0.05) is 51.6 Å². The van der Waals surface area contributed by atoms with Crippen LogP contribution in [0.15, 0.2) is 29.3 Å². The molecule has 0 aliphatic rings. The molecule has 0 fully saturated rings. The van der Waals surface area contributed by atoms with Crippen LogP contribution in [0.4, 0.5) is 13.2 Å². The largest absolute Gasteiger partial charge is 0.508 e. The van der Waals surface area contributed by atoms with Gasteiger partial charge in [-0.3, -0.25) is 43.3 Å². The van der Waals surface area contributed by atoms with Crippen LogP contribution in [0.25, 0.3) is 0 Å². The van der Waals surface area contributed by atoms with Crippen molar-refractivity contribution in [3.8, 4) is 5.75 Å². The van der Waals surface area contributed by atoms with E-state index in [9.17, 15) is 56.6 Å². The van der Waals surface area contributed by atoms with Crippen molar-refractivity contribution in [3.05, 3.63) is 29.8 Å². The number of nitrogens with zero attached hydrogens (tertiary/aromatic N) is 1. The molecule has 7 amide bonds. The molecule has 0 heterocycles. The number of carbonyl (C=O) groups is 8. The van der Waals surface area contributed by atoms with Crippen LogP contribution in [-0.4, -0.2) is 112 Å². The predicted octanol–water partition coefficient (Wildman–Crippen LogP) is -0.273. The summed E-state index contributed by atoms with van der Waals surface area (Å²) in [6.07, 6.45) is -5.39. The van der Waals surface area contributed by atoms with E-state index >= 15 is 0 Å². The molecular formula is C38H59F3N10O9S. The highest BCUT2D eigenvalue weighted by Gasteiger charge is 2.40. The minimum absolute atomic E-state index is 0.0195. The summed E-state index contributed by atoms with van der Waals surface area (Å²) in [6.45, 7) is 10.5. The third-order valence-corrected chi connectivity index (χ3v) is 9.76. The van der Waals surface area contributed by atoms with Crippen molar-refractivity contribution in [1.29, 1.82) is 0 Å². The average molecular weight is 889 g/mol. The van der Waals surface area contributed by atoms with Gasteiger partial charge >= 0.3 is 6.18 Å². The summed E-state index contributed by atoms with van der Waals surface area (Å²) >= 11 is -0.0614. The number of phenolic OH excluding ortho intramolecular Hbond substituents is 1. The van der Waals surface area contributed by atoms with Crippen molar-refractivity contribution in [1.82, 2.24) is 31.9 Å². The van der Waals surface area contributed by atoms with E-state index in [-0.39, 0.29) is 61.6 Å². The molecule has 23 heteroatoms. The molecule has 19 nitrogen and oxygen atoms in total. The van der Waals surface area contributed by atoms with Gasteiger partial charge in [0, 0.05) is 19.9 Å². The van der Waals surface area contributed by atoms with Crippen LogP contribution in [-0.2, 0) is 44.8 Å². The number of amides is 7. The molecule has 13 N–H and O–H groups in total. The lowest BCUT2D eigenvalue weighted by Gasteiger charge is -2.33. The number of thioether (sulfide) groups is 1. The summed E-state index contributed by atoms with van der Waals surface area (Å²) in [5, 5.41) is 23.7. The first kappa shape index (κ1) is 53.4. The smallest absolute Gasteiger partial charge is 0.398 e. The van der Waals surface area contributed by atoms with E-state index in [2.05, 4.69) is 36.9 Å². The molecule has 0 spiro atoms. The van der Waals surface area contributed by atoms with Crippen molar-refractivity contribution >= 4 is 64.2 Å². The maximum atomic E-state index is 14.3. The van der Waals surface area contributed by atoms with Crippen LogP contribution >= 0.6 is 11.8 Å². The second kappa shape index (κ2) is 24.6. The van der Waals surface area contributed by atoms with Crippen LogP contribution < -0.4 is 49.1 Å². The maximum Gasteiger partial charge on any atom is 0.398 e. The van der Waals surface area contributed by atoms with Crippen molar-refractivity contribution in [2.24, 2.45) is 34.0 Å². The lowest BCUT2D eigenvalue weighted by atomic mass is 9.90. The molecule has 1 aromatic rings. The number of guanidine groups is 1. The number of nitrogens with one attached hydrogen (secondary N) is 6. The van der Waals surface area contributed by atoms with E-state index in [1.54, 1.807) is 0 Å². The van der Waals surface area contributed by atoms with E-state index in [1.807, 2.05) is 13.8 Å². The number of hydrogen-bond donors (Lipinski definition) is 10. The van der Waals surface area contributed by atoms with Gasteiger partial charge < -0.3 is 54.2 Å². The fourth-order valence-electron chi connectivity index (χ4n) is 5.68. The van der Waals surface area contributed by atoms with E-state index in [4.69, 9.17) is 17.2 Å². The standard InChI is InChI=1S/C38H59F3N10O9S/c1-19(2)15-26(47-22(6)52)33(58)51-37(7,17-23-10-12-24(53)13-11-23)35(60)49-25(9-8-14-45-36(43)44)31(56)46-21(5)30(55)48-27(16-28(42)54)32(57)50-29(20(3)4)34(59)61-18-38(39,40)41/h10-13,19-21,25-27,29,53H,8-9,14-18H2,1-7H3,(H2,42,54)(H,46,56)(H,47,52)(H,48,55)(H,49,60)(H,50,57)(H,51,58)(H4,43,44,45)/t21-,25-,26-,27-,29-,37?/m0/s1. The Hall–Kier alpha value is -5.61. The molecule has 0 aliphatic carbocycles. The van der Waals surface area contributed by atoms with Crippen molar-refractivity contribution in [2.75, 3.05) is 12.3 Å². The van der Waals surface area contributed by atoms with Crippen LogP contribution in [0.1, 0.15) is 79.7 Å². The maximum absolute atomic E-state index is 14.3. The number of aromatic hydroxyl groups is 1. The van der Waals surface area contributed by atoms with E-state index in [0.717, 1.165) is 0 Å². The molecule has 0 bridgehead atoms. The Labute approximate surface area is 356 Å². The van der Waals surface area contributed by atoms with Gasteiger partial charge in [-0.25, -0.2) is 0 Å². The Morgan fingerprint density at radius 1 is 0.787 bits per heavy atom. The third kappa shape index (κ3) is 20.5. The van der Waals surface area contributed by atoms with Gasteiger partial charge in [-0.05, 0) is 62.6 Å². The highest BCUT2D eigenvalue weighted by atomic mass is 32.2. The molecule has 61 heavy (non-hydrogen) atoms. The molecule has 0 saturated heterocycles. The van der Waals surface area contributed by atoms with E-state index in [1.165, 1.54) is 58.9 Å². The van der Waals surface area contributed by atoms with Gasteiger partial charge in [0.1, 0.15) is 41.5 Å². The van der Waals surface area contributed by atoms with E-state index < -0.39 is 106 Å². The summed E-state index contributed by atoms with van der Waals surface area (Å²) < 4.78 is 38.3. The average Bonchev–Trinajstić information content (AvgIpc) is 3.12. The summed E-state index contributed by atoms with van der Waals surface area (Å²) in [5.74, 6) is -8.73. The number of halogens is 3. The first-order chi connectivity index (χ1) is 28.1. The summed E-state index contributed by atoms with van der Waals surface area (Å²) in [6, 6.07) is -1.28. The molecule has 6 atom stereocenters. The molecule has 0 aromatic heterocycles. The third-order valence-electron chi connectivity index (χ3n) is 8.75. The summed E-state index contributed by atoms with van der Waals surface area (Å²) in [7, 11) is 0. The predicted molar refractivity (Wildman–Crippen MR) is 221 cm³/mol. The Balaban J connectivity index is 3.43. The quantitative estimate of drug-likeness (QED) is 0.0365. The summed E-state index contributed by atoms with van der Waals surface area (Å²) in [4.78, 5) is 109. The Kier molecular flexibility index (Phi) is 21.5. The number of hydrogen-bond acceptors (Lipinski definition) is 11.